The van der Waals surface area contributed by atoms with Crippen LogP contribution in [0.1, 0.15) is 36.8 Å². The predicted molar refractivity (Wildman–Crippen MR) is 118 cm³/mol. The summed E-state index contributed by atoms with van der Waals surface area (Å²) in [6.07, 6.45) is 4.00. The Labute approximate surface area is 180 Å². The molecule has 7 nitrogen and oxygen atoms in total. The Hall–Kier alpha value is -3.48. The van der Waals surface area contributed by atoms with Gasteiger partial charge in [0.15, 0.2) is 0 Å². The fraction of sp³-hybridized carbons (Fsp3) is 0.333. The van der Waals surface area contributed by atoms with Gasteiger partial charge in [0.2, 0.25) is 11.8 Å². The van der Waals surface area contributed by atoms with Crippen molar-refractivity contribution >= 4 is 22.7 Å². The normalized spacial score (nSPS) is 13.7. The largest absolute Gasteiger partial charge is 0.352 e. The summed E-state index contributed by atoms with van der Waals surface area (Å²) in [4.78, 5) is 42.7. The summed E-state index contributed by atoms with van der Waals surface area (Å²) in [7, 11) is 0. The number of aryl methyl sites for hydroxylation is 1. The van der Waals surface area contributed by atoms with Crippen LogP contribution in [0.25, 0.3) is 10.9 Å². The number of carbonyl (C=O) groups excluding carboxylic acids is 2. The molecule has 4 rings (SSSR count). The van der Waals surface area contributed by atoms with Gasteiger partial charge in [-0.25, -0.2) is 4.98 Å². The molecule has 160 valence electrons. The maximum absolute atomic E-state index is 12.5. The molecule has 0 unspecified atom stereocenters. The Morgan fingerprint density at radius 2 is 1.90 bits per heavy atom. The summed E-state index contributed by atoms with van der Waals surface area (Å²) >= 11 is 0. The Morgan fingerprint density at radius 3 is 2.74 bits per heavy atom. The van der Waals surface area contributed by atoms with Crippen LogP contribution in [0.4, 0.5) is 0 Å². The van der Waals surface area contributed by atoms with Gasteiger partial charge in [0.1, 0.15) is 0 Å². The minimum atomic E-state index is -0.0840. The molecule has 2 heterocycles. The van der Waals surface area contributed by atoms with E-state index in [1.54, 1.807) is 17.0 Å². The molecule has 2 amide bonds. The van der Waals surface area contributed by atoms with Gasteiger partial charge in [-0.1, -0.05) is 36.4 Å². The van der Waals surface area contributed by atoms with Gasteiger partial charge in [0.05, 0.1) is 17.2 Å². The van der Waals surface area contributed by atoms with E-state index in [1.165, 1.54) is 0 Å². The van der Waals surface area contributed by atoms with Gasteiger partial charge in [0.25, 0.3) is 5.56 Å². The number of carbonyl (C=O) groups is 2. The first-order chi connectivity index (χ1) is 15.1. The number of aromatic nitrogens is 2. The van der Waals surface area contributed by atoms with E-state index in [1.807, 2.05) is 47.4 Å². The van der Waals surface area contributed by atoms with E-state index in [9.17, 15) is 14.4 Å². The predicted octanol–water partition coefficient (Wildman–Crippen LogP) is 2.62. The van der Waals surface area contributed by atoms with E-state index < -0.39 is 0 Å². The molecule has 1 aromatic heterocycles. The van der Waals surface area contributed by atoms with Crippen molar-refractivity contribution in [3.05, 3.63) is 76.3 Å². The SMILES string of the molecule is O=C(CCCn1cnc2ccccc2c1=O)NCc1cccc(CN2CCCC2=O)c1. The minimum Gasteiger partial charge on any atom is -0.352 e. The molecule has 0 spiro atoms. The molecule has 1 N–H and O–H groups in total. The van der Waals surface area contributed by atoms with Crippen molar-refractivity contribution in [2.24, 2.45) is 0 Å². The average molecular weight is 418 g/mol. The third kappa shape index (κ3) is 5.17. The molecule has 0 saturated carbocycles. The Morgan fingerprint density at radius 1 is 1.06 bits per heavy atom. The summed E-state index contributed by atoms with van der Waals surface area (Å²) in [6, 6.07) is 15.2. The Bertz CT molecular complexity index is 1150. The molecule has 1 aliphatic rings. The van der Waals surface area contributed by atoms with Crippen LogP contribution < -0.4 is 10.9 Å². The fourth-order valence-corrected chi connectivity index (χ4v) is 3.89. The molecule has 3 aromatic rings. The summed E-state index contributed by atoms with van der Waals surface area (Å²) in [5, 5.41) is 3.52. The third-order valence-electron chi connectivity index (χ3n) is 5.56. The van der Waals surface area contributed by atoms with Crippen molar-refractivity contribution in [2.75, 3.05) is 6.54 Å². The zero-order valence-electron chi connectivity index (χ0n) is 17.4. The molecular formula is C24H26N4O3. The lowest BCUT2D eigenvalue weighted by molar-refractivity contribution is -0.128. The zero-order valence-corrected chi connectivity index (χ0v) is 17.4. The first-order valence-corrected chi connectivity index (χ1v) is 10.7. The van der Waals surface area contributed by atoms with Crippen molar-refractivity contribution in [2.45, 2.75) is 45.3 Å². The zero-order chi connectivity index (χ0) is 21.6. The van der Waals surface area contributed by atoms with Crippen LogP contribution in [0.2, 0.25) is 0 Å². The van der Waals surface area contributed by atoms with Gasteiger partial charge in [-0.05, 0) is 36.1 Å². The van der Waals surface area contributed by atoms with Crippen molar-refractivity contribution in [1.82, 2.24) is 19.8 Å². The van der Waals surface area contributed by atoms with Crippen LogP contribution >= 0.6 is 0 Å². The molecule has 1 aliphatic heterocycles. The van der Waals surface area contributed by atoms with Crippen molar-refractivity contribution in [3.63, 3.8) is 0 Å². The molecule has 1 saturated heterocycles. The third-order valence-corrected chi connectivity index (χ3v) is 5.56. The number of hydrogen-bond acceptors (Lipinski definition) is 4. The Balaban J connectivity index is 1.25. The van der Waals surface area contributed by atoms with E-state index >= 15 is 0 Å². The standard InChI is InChI=1S/C24H26N4O3/c29-22(10-4-13-28-17-26-21-9-2-1-8-20(21)24(28)31)25-15-18-6-3-7-19(14-18)16-27-12-5-11-23(27)30/h1-3,6-9,14,17H,4-5,10-13,15-16H2,(H,25,29). The number of nitrogens with one attached hydrogen (secondary N) is 1. The van der Waals surface area contributed by atoms with Gasteiger partial charge in [-0.3, -0.25) is 19.0 Å². The number of fused-ring (bicyclic) bond motifs is 1. The minimum absolute atomic E-state index is 0.0538. The van der Waals surface area contributed by atoms with Crippen LogP contribution in [0.3, 0.4) is 0 Å². The van der Waals surface area contributed by atoms with Gasteiger partial charge in [-0.2, -0.15) is 0 Å². The number of nitrogens with zero attached hydrogens (tertiary/aromatic N) is 3. The van der Waals surface area contributed by atoms with Crippen LogP contribution in [0, 0.1) is 0 Å². The molecule has 0 bridgehead atoms. The second-order valence-electron chi connectivity index (χ2n) is 7.88. The van der Waals surface area contributed by atoms with Crippen LogP contribution in [-0.2, 0) is 29.2 Å². The lowest BCUT2D eigenvalue weighted by atomic mass is 10.1. The van der Waals surface area contributed by atoms with Crippen LogP contribution in [0.5, 0.6) is 0 Å². The fourth-order valence-electron chi connectivity index (χ4n) is 3.89. The molecular weight excluding hydrogens is 392 g/mol. The van der Waals surface area contributed by atoms with Crippen molar-refractivity contribution < 1.29 is 9.59 Å². The number of benzene rings is 2. The van der Waals surface area contributed by atoms with Gasteiger partial charge >= 0.3 is 0 Å². The lowest BCUT2D eigenvalue weighted by Gasteiger charge is -2.16. The number of para-hydroxylation sites is 1. The number of likely N-dealkylation sites (tertiary alicyclic amines) is 1. The molecule has 0 radical (unpaired) electrons. The van der Waals surface area contributed by atoms with Gasteiger partial charge < -0.3 is 10.2 Å². The molecule has 0 atom stereocenters. The van der Waals surface area contributed by atoms with Gasteiger partial charge in [0, 0.05) is 39.0 Å². The van der Waals surface area contributed by atoms with Crippen LogP contribution in [-0.4, -0.2) is 32.8 Å². The second-order valence-corrected chi connectivity index (χ2v) is 7.88. The highest BCUT2D eigenvalue weighted by atomic mass is 16.2. The van der Waals surface area contributed by atoms with Gasteiger partial charge in [-0.15, -0.1) is 0 Å². The maximum atomic E-state index is 12.5. The highest BCUT2D eigenvalue weighted by Crippen LogP contribution is 2.15. The van der Waals surface area contributed by atoms with Crippen molar-refractivity contribution in [1.29, 1.82) is 0 Å². The average Bonchev–Trinajstić information content (AvgIpc) is 3.18. The smallest absolute Gasteiger partial charge is 0.261 e. The van der Waals surface area contributed by atoms with E-state index in [4.69, 9.17) is 0 Å². The monoisotopic (exact) mass is 418 g/mol. The quantitative estimate of drug-likeness (QED) is 0.610. The van der Waals surface area contributed by atoms with E-state index in [0.717, 1.165) is 24.1 Å². The molecule has 1 fully saturated rings. The highest BCUT2D eigenvalue weighted by Gasteiger charge is 2.19. The second kappa shape index (κ2) is 9.55. The molecule has 0 aliphatic carbocycles. The number of hydrogen-bond donors (Lipinski definition) is 1. The highest BCUT2D eigenvalue weighted by molar-refractivity contribution is 5.78. The molecule has 7 heteroatoms. The molecule has 31 heavy (non-hydrogen) atoms. The summed E-state index contributed by atoms with van der Waals surface area (Å²) < 4.78 is 1.55. The van der Waals surface area contributed by atoms with E-state index in [-0.39, 0.29) is 17.4 Å². The van der Waals surface area contributed by atoms with Crippen molar-refractivity contribution in [3.8, 4) is 0 Å². The number of amides is 2. The Kier molecular flexibility index (Phi) is 6.40. The first-order valence-electron chi connectivity index (χ1n) is 10.7. The lowest BCUT2D eigenvalue weighted by Crippen LogP contribution is -2.25. The first kappa shape index (κ1) is 20.8. The van der Waals surface area contributed by atoms with Crippen LogP contribution in [0.15, 0.2) is 59.7 Å². The topological polar surface area (TPSA) is 84.3 Å². The maximum Gasteiger partial charge on any atom is 0.261 e. The number of rotatable bonds is 8. The summed E-state index contributed by atoms with van der Waals surface area (Å²) in [6.45, 7) is 2.33. The molecule has 2 aromatic carbocycles. The summed E-state index contributed by atoms with van der Waals surface area (Å²) in [5.74, 6) is 0.154. The van der Waals surface area contributed by atoms with E-state index in [2.05, 4.69) is 10.3 Å². The van der Waals surface area contributed by atoms with E-state index in [0.29, 0.717) is 49.8 Å². The summed E-state index contributed by atoms with van der Waals surface area (Å²) in [5.41, 5.74) is 2.68.